The van der Waals surface area contributed by atoms with E-state index in [1.54, 1.807) is 24.0 Å². The minimum absolute atomic E-state index is 0.0586. The predicted octanol–water partition coefficient (Wildman–Crippen LogP) is 3.63. The Labute approximate surface area is 205 Å². The Bertz CT molecular complexity index is 1170. The number of hydrogen-bond acceptors (Lipinski definition) is 5. The van der Waals surface area contributed by atoms with Crippen LogP contribution in [0.15, 0.2) is 53.4 Å². The number of nitrogens with zero attached hydrogens (tertiary/aromatic N) is 2. The molecule has 0 radical (unpaired) electrons. The lowest BCUT2D eigenvalue weighted by Crippen LogP contribution is -2.57. The molecule has 10 heteroatoms. The zero-order chi connectivity index (χ0) is 25.8. The minimum Gasteiger partial charge on any atom is -0.494 e. The molecule has 1 saturated heterocycles. The van der Waals surface area contributed by atoms with Crippen molar-refractivity contribution in [3.8, 4) is 5.75 Å². The predicted molar refractivity (Wildman–Crippen MR) is 128 cm³/mol. The number of carboxylic acids is 1. The third-order valence-electron chi connectivity index (χ3n) is 6.18. The van der Waals surface area contributed by atoms with E-state index in [4.69, 9.17) is 4.74 Å². The molecule has 1 N–H and O–H groups in total. The normalized spacial score (nSPS) is 17.3. The van der Waals surface area contributed by atoms with Crippen LogP contribution in [-0.4, -0.2) is 66.9 Å². The molecular formula is C25H31FN2O6S. The Morgan fingerprint density at radius 2 is 1.83 bits per heavy atom. The molecule has 0 aliphatic carbocycles. The van der Waals surface area contributed by atoms with Crippen molar-refractivity contribution in [2.45, 2.75) is 44.6 Å². The van der Waals surface area contributed by atoms with Gasteiger partial charge in [0, 0.05) is 31.1 Å². The van der Waals surface area contributed by atoms with E-state index < -0.39 is 21.4 Å². The molecule has 8 nitrogen and oxygen atoms in total. The van der Waals surface area contributed by atoms with E-state index in [1.165, 1.54) is 34.6 Å². The first-order chi connectivity index (χ1) is 16.4. The number of aromatic carboxylic acids is 1. The summed E-state index contributed by atoms with van der Waals surface area (Å²) in [5.41, 5.74) is -0.768. The maximum atomic E-state index is 13.3. The van der Waals surface area contributed by atoms with Gasteiger partial charge in [0.05, 0.1) is 17.1 Å². The summed E-state index contributed by atoms with van der Waals surface area (Å²) in [5, 5.41) is 9.17. The second-order valence-corrected chi connectivity index (χ2v) is 11.3. The van der Waals surface area contributed by atoms with Crippen LogP contribution < -0.4 is 4.74 Å². The van der Waals surface area contributed by atoms with Crippen LogP contribution in [0.25, 0.3) is 0 Å². The average molecular weight is 507 g/mol. The number of ether oxygens (including phenoxy) is 1. The van der Waals surface area contributed by atoms with Gasteiger partial charge in [0.15, 0.2) is 0 Å². The molecule has 0 aromatic heterocycles. The highest BCUT2D eigenvalue weighted by molar-refractivity contribution is 7.89. The molecule has 0 spiro atoms. The van der Waals surface area contributed by atoms with Crippen molar-refractivity contribution in [1.29, 1.82) is 0 Å². The molecule has 2 aromatic rings. The quantitative estimate of drug-likeness (QED) is 0.521. The lowest BCUT2D eigenvalue weighted by molar-refractivity contribution is -0.144. The van der Waals surface area contributed by atoms with Gasteiger partial charge in [-0.3, -0.25) is 4.79 Å². The molecule has 1 amide bonds. The summed E-state index contributed by atoms with van der Waals surface area (Å²) < 4.78 is 46.1. The Kier molecular flexibility index (Phi) is 8.17. The molecule has 1 aliphatic rings. The topological polar surface area (TPSA) is 104 Å². The highest BCUT2D eigenvalue weighted by atomic mass is 32.2. The van der Waals surface area contributed by atoms with Crippen molar-refractivity contribution in [3.63, 3.8) is 0 Å². The van der Waals surface area contributed by atoms with Crippen LogP contribution in [0, 0.1) is 11.2 Å². The van der Waals surface area contributed by atoms with Crippen molar-refractivity contribution in [2.75, 3.05) is 26.2 Å². The second-order valence-electron chi connectivity index (χ2n) is 9.33. The molecule has 190 valence electrons. The summed E-state index contributed by atoms with van der Waals surface area (Å²) in [4.78, 5) is 26.1. The van der Waals surface area contributed by atoms with E-state index in [1.807, 2.05) is 13.8 Å². The van der Waals surface area contributed by atoms with Crippen molar-refractivity contribution in [1.82, 2.24) is 9.21 Å². The van der Waals surface area contributed by atoms with Gasteiger partial charge in [0.2, 0.25) is 15.9 Å². The number of rotatable bonds is 9. The second kappa shape index (κ2) is 10.7. The zero-order valence-electron chi connectivity index (χ0n) is 20.1. The number of amides is 1. The van der Waals surface area contributed by atoms with Gasteiger partial charge in [-0.2, -0.15) is 4.31 Å². The monoisotopic (exact) mass is 506 g/mol. The van der Waals surface area contributed by atoms with E-state index >= 15 is 0 Å². The summed E-state index contributed by atoms with van der Waals surface area (Å²) in [6.45, 7) is 6.41. The van der Waals surface area contributed by atoms with Gasteiger partial charge >= 0.3 is 5.97 Å². The van der Waals surface area contributed by atoms with Crippen LogP contribution in [0.5, 0.6) is 5.75 Å². The van der Waals surface area contributed by atoms with Crippen molar-refractivity contribution >= 4 is 21.9 Å². The molecule has 1 heterocycles. The number of carbonyl (C=O) groups is 2. The number of carboxylic acid groups (broad SMARTS) is 1. The number of sulfonamides is 1. The number of halogens is 1. The smallest absolute Gasteiger partial charge is 0.335 e. The van der Waals surface area contributed by atoms with Crippen LogP contribution in [0.4, 0.5) is 4.39 Å². The van der Waals surface area contributed by atoms with Crippen LogP contribution in [-0.2, 0) is 14.8 Å². The summed E-state index contributed by atoms with van der Waals surface area (Å²) >= 11 is 0. The van der Waals surface area contributed by atoms with Crippen LogP contribution in [0.3, 0.4) is 0 Å². The SMILES string of the molecule is CC1CN(S(=O)(=O)c2cccc(C(=O)O)c2)CCN1C(=O)C(C)(C)CCCOc1ccc(F)cc1. The summed E-state index contributed by atoms with van der Waals surface area (Å²) in [6, 6.07) is 10.7. The summed E-state index contributed by atoms with van der Waals surface area (Å²) in [5.74, 6) is -1.02. The Balaban J connectivity index is 1.57. The number of benzene rings is 2. The van der Waals surface area contributed by atoms with Crippen molar-refractivity contribution in [2.24, 2.45) is 5.41 Å². The molecular weight excluding hydrogens is 475 g/mol. The zero-order valence-corrected chi connectivity index (χ0v) is 20.9. The molecule has 1 unspecified atom stereocenters. The van der Waals surface area contributed by atoms with Crippen LogP contribution in [0.1, 0.15) is 44.0 Å². The fraction of sp³-hybridized carbons (Fsp3) is 0.440. The van der Waals surface area contributed by atoms with Gasteiger partial charge in [0.25, 0.3) is 0 Å². The molecule has 0 saturated carbocycles. The lowest BCUT2D eigenvalue weighted by atomic mass is 9.85. The third kappa shape index (κ3) is 6.37. The molecule has 0 bridgehead atoms. The molecule has 1 aliphatic heterocycles. The van der Waals surface area contributed by atoms with Gasteiger partial charge in [-0.25, -0.2) is 17.6 Å². The molecule has 2 aromatic carbocycles. The first-order valence-corrected chi connectivity index (χ1v) is 12.9. The maximum absolute atomic E-state index is 13.3. The Morgan fingerprint density at radius 1 is 1.14 bits per heavy atom. The summed E-state index contributed by atoms with van der Waals surface area (Å²) in [6.07, 6.45) is 1.19. The fourth-order valence-electron chi connectivity index (χ4n) is 4.11. The van der Waals surface area contributed by atoms with Gasteiger partial charge in [0.1, 0.15) is 11.6 Å². The standard InChI is InChI=1S/C25H31FN2O6S/c1-18-17-27(35(32,33)22-7-4-6-19(16-22)23(29)30)13-14-28(18)24(31)25(2,3)12-5-15-34-21-10-8-20(26)9-11-21/h4,6-11,16,18H,5,12-15,17H2,1-3H3,(H,29,30). The van der Waals surface area contributed by atoms with Crippen molar-refractivity contribution < 1.29 is 32.2 Å². The summed E-state index contributed by atoms with van der Waals surface area (Å²) in [7, 11) is -3.89. The van der Waals surface area contributed by atoms with Gasteiger partial charge < -0.3 is 14.7 Å². The number of carbonyl (C=O) groups excluding carboxylic acids is 1. The highest BCUT2D eigenvalue weighted by Crippen LogP contribution is 2.29. The van der Waals surface area contributed by atoms with Crippen LogP contribution in [0.2, 0.25) is 0 Å². The van der Waals surface area contributed by atoms with Crippen molar-refractivity contribution in [3.05, 3.63) is 59.9 Å². The largest absolute Gasteiger partial charge is 0.494 e. The van der Waals surface area contributed by atoms with E-state index in [9.17, 15) is 27.5 Å². The molecule has 1 atom stereocenters. The first-order valence-electron chi connectivity index (χ1n) is 11.4. The number of hydrogen-bond donors (Lipinski definition) is 1. The number of piperazine rings is 1. The van der Waals surface area contributed by atoms with E-state index in [0.717, 1.165) is 6.07 Å². The van der Waals surface area contributed by atoms with E-state index in [2.05, 4.69) is 0 Å². The van der Waals surface area contributed by atoms with E-state index in [-0.39, 0.29) is 47.9 Å². The molecule has 1 fully saturated rings. The molecule has 3 rings (SSSR count). The Morgan fingerprint density at radius 3 is 2.46 bits per heavy atom. The Hall–Kier alpha value is -2.98. The average Bonchev–Trinajstić information content (AvgIpc) is 2.82. The van der Waals surface area contributed by atoms with Gasteiger partial charge in [-0.1, -0.05) is 19.9 Å². The highest BCUT2D eigenvalue weighted by Gasteiger charge is 2.39. The maximum Gasteiger partial charge on any atom is 0.335 e. The van der Waals surface area contributed by atoms with Gasteiger partial charge in [-0.15, -0.1) is 0 Å². The lowest BCUT2D eigenvalue weighted by Gasteiger charge is -2.42. The third-order valence-corrected chi connectivity index (χ3v) is 8.04. The fourth-order valence-corrected chi connectivity index (χ4v) is 5.67. The minimum atomic E-state index is -3.89. The van der Waals surface area contributed by atoms with Gasteiger partial charge in [-0.05, 0) is 62.2 Å². The molecule has 35 heavy (non-hydrogen) atoms. The first kappa shape index (κ1) is 26.6. The van der Waals surface area contributed by atoms with Crippen LogP contribution >= 0.6 is 0 Å². The van der Waals surface area contributed by atoms with E-state index in [0.29, 0.717) is 25.2 Å².